The minimum absolute atomic E-state index is 0.552. The Morgan fingerprint density at radius 3 is 2.76 bits per heavy atom. The van der Waals surface area contributed by atoms with Gasteiger partial charge in [0.05, 0.1) is 20.3 Å². The van der Waals surface area contributed by atoms with Gasteiger partial charge in [0, 0.05) is 24.1 Å². The monoisotopic (exact) mass is 235 g/mol. The van der Waals surface area contributed by atoms with Crippen LogP contribution in [0, 0.1) is 0 Å². The molecule has 0 saturated carbocycles. The minimum Gasteiger partial charge on any atom is -0.497 e. The summed E-state index contributed by atoms with van der Waals surface area (Å²) in [7, 11) is 5.23. The number of nitrogens with one attached hydrogen (secondary N) is 1. The molecule has 0 radical (unpaired) electrons. The van der Waals surface area contributed by atoms with Crippen LogP contribution < -0.4 is 10.1 Å². The molecule has 4 heteroatoms. The minimum atomic E-state index is 0.552. The second kappa shape index (κ2) is 5.21. The first-order valence-electron chi connectivity index (χ1n) is 5.52. The fourth-order valence-electron chi connectivity index (χ4n) is 1.91. The highest BCUT2D eigenvalue weighted by atomic mass is 16.5. The predicted molar refractivity (Wildman–Crippen MR) is 66.2 cm³/mol. The fraction of sp³-hybridized carbons (Fsp3) is 0.385. The highest BCUT2D eigenvalue weighted by Gasteiger charge is 2.13. The van der Waals surface area contributed by atoms with Crippen molar-refractivity contribution in [2.24, 2.45) is 0 Å². The predicted octanol–water partition coefficient (Wildman–Crippen LogP) is 2.31. The second-order valence-electron chi connectivity index (χ2n) is 3.83. The van der Waals surface area contributed by atoms with E-state index in [1.807, 2.05) is 25.2 Å². The van der Waals surface area contributed by atoms with E-state index in [-0.39, 0.29) is 0 Å². The number of methoxy groups -OCH3 is 2. The molecule has 0 spiro atoms. The van der Waals surface area contributed by atoms with Crippen molar-refractivity contribution in [2.45, 2.75) is 13.2 Å². The summed E-state index contributed by atoms with van der Waals surface area (Å²) in [6, 6.07) is 5.83. The van der Waals surface area contributed by atoms with Gasteiger partial charge in [-0.2, -0.15) is 0 Å². The molecule has 0 unspecified atom stereocenters. The van der Waals surface area contributed by atoms with Crippen LogP contribution in [-0.2, 0) is 17.9 Å². The van der Waals surface area contributed by atoms with E-state index in [0.717, 1.165) is 28.0 Å². The maximum Gasteiger partial charge on any atom is 0.138 e. The van der Waals surface area contributed by atoms with Gasteiger partial charge in [-0.3, -0.25) is 0 Å². The molecule has 0 aliphatic rings. The number of rotatable bonds is 5. The summed E-state index contributed by atoms with van der Waals surface area (Å²) >= 11 is 0. The van der Waals surface area contributed by atoms with Gasteiger partial charge in [0.1, 0.15) is 17.1 Å². The Hall–Kier alpha value is -1.52. The largest absolute Gasteiger partial charge is 0.497 e. The molecule has 0 atom stereocenters. The molecule has 92 valence electrons. The molecule has 0 saturated heterocycles. The zero-order chi connectivity index (χ0) is 12.3. The van der Waals surface area contributed by atoms with E-state index in [4.69, 9.17) is 13.9 Å². The molecule has 0 amide bonds. The van der Waals surface area contributed by atoms with Crippen LogP contribution in [0.5, 0.6) is 5.75 Å². The molecule has 2 rings (SSSR count). The lowest BCUT2D eigenvalue weighted by Crippen LogP contribution is -2.06. The summed E-state index contributed by atoms with van der Waals surface area (Å²) in [6.45, 7) is 1.24. The van der Waals surface area contributed by atoms with Crippen molar-refractivity contribution < 1.29 is 13.9 Å². The molecule has 0 bridgehead atoms. The molecule has 0 fully saturated rings. The Morgan fingerprint density at radius 2 is 2.12 bits per heavy atom. The summed E-state index contributed by atoms with van der Waals surface area (Å²) in [4.78, 5) is 0. The van der Waals surface area contributed by atoms with Gasteiger partial charge >= 0.3 is 0 Å². The molecule has 4 nitrogen and oxygen atoms in total. The van der Waals surface area contributed by atoms with Gasteiger partial charge < -0.3 is 19.2 Å². The van der Waals surface area contributed by atoms with Crippen LogP contribution in [0.25, 0.3) is 11.0 Å². The summed E-state index contributed by atoms with van der Waals surface area (Å²) in [6.07, 6.45) is 0. The second-order valence-corrected chi connectivity index (χ2v) is 3.83. The third-order valence-electron chi connectivity index (χ3n) is 2.71. The van der Waals surface area contributed by atoms with Crippen LogP contribution in [0.4, 0.5) is 0 Å². The third-order valence-corrected chi connectivity index (χ3v) is 2.71. The smallest absolute Gasteiger partial charge is 0.138 e. The summed E-state index contributed by atoms with van der Waals surface area (Å²) in [5.74, 6) is 1.71. The Labute approximate surface area is 101 Å². The number of furan rings is 1. The maximum atomic E-state index is 5.81. The van der Waals surface area contributed by atoms with Gasteiger partial charge in [0.25, 0.3) is 0 Å². The first kappa shape index (κ1) is 12.0. The van der Waals surface area contributed by atoms with Gasteiger partial charge in [-0.25, -0.2) is 0 Å². The lowest BCUT2D eigenvalue weighted by atomic mass is 10.1. The first-order chi connectivity index (χ1) is 8.30. The standard InChI is InChI=1S/C13H17NO3/c1-14-7-13-11(8-15-2)10-5-4-9(16-3)6-12(10)17-13/h4-6,14H,7-8H2,1-3H3. The van der Waals surface area contributed by atoms with Crippen LogP contribution in [0.1, 0.15) is 11.3 Å². The number of fused-ring (bicyclic) bond motifs is 1. The van der Waals surface area contributed by atoms with Crippen LogP contribution in [-0.4, -0.2) is 21.3 Å². The molecule has 1 N–H and O–H groups in total. The molecular formula is C13H17NO3. The number of hydrogen-bond acceptors (Lipinski definition) is 4. The van der Waals surface area contributed by atoms with E-state index < -0.39 is 0 Å². The lowest BCUT2D eigenvalue weighted by Gasteiger charge is -2.01. The van der Waals surface area contributed by atoms with E-state index in [0.29, 0.717) is 13.2 Å². The van der Waals surface area contributed by atoms with Crippen molar-refractivity contribution >= 4 is 11.0 Å². The summed E-state index contributed by atoms with van der Waals surface area (Å²) in [5, 5.41) is 4.17. The highest BCUT2D eigenvalue weighted by molar-refractivity contribution is 5.83. The third kappa shape index (κ3) is 2.28. The van der Waals surface area contributed by atoms with Crippen molar-refractivity contribution in [3.05, 3.63) is 29.5 Å². The van der Waals surface area contributed by atoms with Gasteiger partial charge in [-0.05, 0) is 19.2 Å². The molecule has 2 aromatic rings. The summed E-state index contributed by atoms with van der Waals surface area (Å²) in [5.41, 5.74) is 1.93. The Balaban J connectivity index is 2.52. The first-order valence-corrected chi connectivity index (χ1v) is 5.52. The number of ether oxygens (including phenoxy) is 2. The average molecular weight is 235 g/mol. The summed E-state index contributed by atoms with van der Waals surface area (Å²) < 4.78 is 16.2. The van der Waals surface area contributed by atoms with Gasteiger partial charge in [0.15, 0.2) is 0 Å². The fourth-order valence-corrected chi connectivity index (χ4v) is 1.91. The number of benzene rings is 1. The van der Waals surface area contributed by atoms with E-state index in [2.05, 4.69) is 5.32 Å². The van der Waals surface area contributed by atoms with Crippen LogP contribution in [0.3, 0.4) is 0 Å². The van der Waals surface area contributed by atoms with Crippen molar-refractivity contribution in [1.29, 1.82) is 0 Å². The molecule has 1 aromatic heterocycles. The van der Waals surface area contributed by atoms with Crippen molar-refractivity contribution in [1.82, 2.24) is 5.32 Å². The van der Waals surface area contributed by atoms with Crippen molar-refractivity contribution in [2.75, 3.05) is 21.3 Å². The Kier molecular flexibility index (Phi) is 3.66. The highest BCUT2D eigenvalue weighted by Crippen LogP contribution is 2.29. The van der Waals surface area contributed by atoms with Gasteiger partial charge in [-0.15, -0.1) is 0 Å². The number of hydrogen-bond donors (Lipinski definition) is 1. The SMILES string of the molecule is CNCc1oc2cc(OC)ccc2c1COC. The van der Waals surface area contributed by atoms with Crippen molar-refractivity contribution in [3.8, 4) is 5.75 Å². The van der Waals surface area contributed by atoms with Gasteiger partial charge in [0.2, 0.25) is 0 Å². The molecule has 17 heavy (non-hydrogen) atoms. The normalized spacial score (nSPS) is 11.0. The van der Waals surface area contributed by atoms with E-state index in [9.17, 15) is 0 Å². The average Bonchev–Trinajstić information content (AvgIpc) is 2.68. The van der Waals surface area contributed by atoms with Crippen LogP contribution in [0.2, 0.25) is 0 Å². The molecular weight excluding hydrogens is 218 g/mol. The Bertz CT molecular complexity index is 505. The van der Waals surface area contributed by atoms with Crippen LogP contribution in [0.15, 0.2) is 22.6 Å². The van der Waals surface area contributed by atoms with Crippen molar-refractivity contribution in [3.63, 3.8) is 0 Å². The molecule has 0 aliphatic carbocycles. The Morgan fingerprint density at radius 1 is 1.29 bits per heavy atom. The lowest BCUT2D eigenvalue weighted by molar-refractivity contribution is 0.183. The topological polar surface area (TPSA) is 43.6 Å². The zero-order valence-corrected chi connectivity index (χ0v) is 10.4. The van der Waals surface area contributed by atoms with Crippen LogP contribution >= 0.6 is 0 Å². The molecule has 1 aromatic carbocycles. The van der Waals surface area contributed by atoms with E-state index in [1.165, 1.54) is 0 Å². The van der Waals surface area contributed by atoms with E-state index >= 15 is 0 Å². The van der Waals surface area contributed by atoms with E-state index in [1.54, 1.807) is 14.2 Å². The quantitative estimate of drug-likeness (QED) is 0.863. The molecule has 0 aliphatic heterocycles. The molecule has 1 heterocycles. The zero-order valence-electron chi connectivity index (χ0n) is 10.4. The maximum absolute atomic E-state index is 5.81. The van der Waals surface area contributed by atoms with Gasteiger partial charge in [-0.1, -0.05) is 0 Å².